The molecule has 9 heteroatoms. The standard InChI is InChI=1S/C23H18FN5O3/c1-12(29-23-19(16(10-30)28-29)22(25)26-11-27-23)21-18(13-5-4-6-14(24)9-13)20(31)15-7-2-3-8-17(15)32-21/h2-9,11-12,30H,10H2,1H3,(H2,25,26,27). The fourth-order valence-corrected chi connectivity index (χ4v) is 3.93. The van der Waals surface area contributed by atoms with Crippen molar-refractivity contribution in [2.75, 3.05) is 5.73 Å². The number of aromatic nitrogens is 4. The van der Waals surface area contributed by atoms with E-state index < -0.39 is 11.9 Å². The van der Waals surface area contributed by atoms with Crippen molar-refractivity contribution < 1.29 is 13.9 Å². The third kappa shape index (κ3) is 3.02. The van der Waals surface area contributed by atoms with Gasteiger partial charge in [-0.05, 0) is 36.8 Å². The number of benzene rings is 2. The average Bonchev–Trinajstić information content (AvgIpc) is 3.18. The van der Waals surface area contributed by atoms with Gasteiger partial charge in [0.05, 0.1) is 22.9 Å². The van der Waals surface area contributed by atoms with Crippen molar-refractivity contribution in [3.63, 3.8) is 0 Å². The lowest BCUT2D eigenvalue weighted by molar-refractivity contribution is 0.275. The van der Waals surface area contributed by atoms with Crippen molar-refractivity contribution >= 4 is 27.8 Å². The Morgan fingerprint density at radius 2 is 2.00 bits per heavy atom. The van der Waals surface area contributed by atoms with Crippen LogP contribution in [0.5, 0.6) is 0 Å². The van der Waals surface area contributed by atoms with Gasteiger partial charge in [0, 0.05) is 0 Å². The molecular weight excluding hydrogens is 413 g/mol. The van der Waals surface area contributed by atoms with Crippen LogP contribution in [0.3, 0.4) is 0 Å². The summed E-state index contributed by atoms with van der Waals surface area (Å²) in [7, 11) is 0. The van der Waals surface area contributed by atoms with Crippen molar-refractivity contribution in [1.29, 1.82) is 0 Å². The molecule has 0 saturated carbocycles. The zero-order valence-corrected chi connectivity index (χ0v) is 17.0. The summed E-state index contributed by atoms with van der Waals surface area (Å²) in [6, 6.07) is 12.0. The fourth-order valence-electron chi connectivity index (χ4n) is 3.93. The number of fused-ring (bicyclic) bond motifs is 2. The molecule has 5 aromatic rings. The van der Waals surface area contributed by atoms with E-state index in [9.17, 15) is 14.3 Å². The summed E-state index contributed by atoms with van der Waals surface area (Å²) < 4.78 is 21.8. The van der Waals surface area contributed by atoms with Gasteiger partial charge in [0.1, 0.15) is 41.0 Å². The molecule has 0 radical (unpaired) electrons. The molecule has 0 aliphatic carbocycles. The molecular formula is C23H18FN5O3. The van der Waals surface area contributed by atoms with Crippen LogP contribution in [0.4, 0.5) is 10.2 Å². The second-order valence-corrected chi connectivity index (χ2v) is 7.36. The molecule has 0 fully saturated rings. The molecule has 0 aliphatic rings. The molecule has 8 nitrogen and oxygen atoms in total. The van der Waals surface area contributed by atoms with Crippen molar-refractivity contribution in [2.45, 2.75) is 19.6 Å². The van der Waals surface area contributed by atoms with Gasteiger partial charge in [-0.3, -0.25) is 4.79 Å². The van der Waals surface area contributed by atoms with Crippen molar-refractivity contribution in [3.8, 4) is 11.1 Å². The third-order valence-corrected chi connectivity index (χ3v) is 5.43. The van der Waals surface area contributed by atoms with Gasteiger partial charge >= 0.3 is 0 Å². The predicted molar refractivity (Wildman–Crippen MR) is 117 cm³/mol. The maximum atomic E-state index is 14.0. The molecule has 1 atom stereocenters. The lowest BCUT2D eigenvalue weighted by Gasteiger charge is -2.17. The Kier molecular flexibility index (Phi) is 4.67. The van der Waals surface area contributed by atoms with E-state index in [-0.39, 0.29) is 29.2 Å². The lowest BCUT2D eigenvalue weighted by Crippen LogP contribution is -2.16. The smallest absolute Gasteiger partial charge is 0.200 e. The minimum Gasteiger partial charge on any atom is -0.458 e. The van der Waals surface area contributed by atoms with Gasteiger partial charge in [-0.2, -0.15) is 5.10 Å². The monoisotopic (exact) mass is 431 g/mol. The Bertz CT molecular complexity index is 1540. The summed E-state index contributed by atoms with van der Waals surface area (Å²) in [5, 5.41) is 15.0. The molecule has 0 saturated heterocycles. The molecule has 0 spiro atoms. The number of hydrogen-bond acceptors (Lipinski definition) is 7. The number of hydrogen-bond donors (Lipinski definition) is 2. The minimum atomic E-state index is -0.636. The van der Waals surface area contributed by atoms with E-state index in [1.807, 2.05) is 0 Å². The van der Waals surface area contributed by atoms with Crippen LogP contribution in [0.2, 0.25) is 0 Å². The minimum absolute atomic E-state index is 0.183. The van der Waals surface area contributed by atoms with Crippen LogP contribution >= 0.6 is 0 Å². The van der Waals surface area contributed by atoms with E-state index in [4.69, 9.17) is 10.2 Å². The highest BCUT2D eigenvalue weighted by Gasteiger charge is 2.26. The molecule has 0 aliphatic heterocycles. The summed E-state index contributed by atoms with van der Waals surface area (Å²) >= 11 is 0. The normalized spacial score (nSPS) is 12.5. The first-order chi connectivity index (χ1) is 15.5. The number of nitrogen functional groups attached to an aromatic ring is 1. The molecule has 3 N–H and O–H groups in total. The number of nitrogens with two attached hydrogens (primary N) is 1. The zero-order valence-electron chi connectivity index (χ0n) is 17.0. The first-order valence-electron chi connectivity index (χ1n) is 9.89. The van der Waals surface area contributed by atoms with E-state index in [0.29, 0.717) is 33.3 Å². The molecule has 32 heavy (non-hydrogen) atoms. The number of anilines is 1. The SMILES string of the molecule is CC(c1oc2ccccc2c(=O)c1-c1cccc(F)c1)n1nc(CO)c2c(N)ncnc21. The van der Waals surface area contributed by atoms with Crippen molar-refractivity contribution in [2.24, 2.45) is 0 Å². The molecule has 160 valence electrons. The van der Waals surface area contributed by atoms with Crippen LogP contribution in [0.25, 0.3) is 33.1 Å². The van der Waals surface area contributed by atoms with Crippen LogP contribution < -0.4 is 11.2 Å². The van der Waals surface area contributed by atoms with Gasteiger partial charge in [-0.15, -0.1) is 0 Å². The van der Waals surface area contributed by atoms with Gasteiger partial charge < -0.3 is 15.3 Å². The maximum Gasteiger partial charge on any atom is 0.200 e. The zero-order chi connectivity index (χ0) is 22.4. The Morgan fingerprint density at radius 1 is 1.19 bits per heavy atom. The maximum absolute atomic E-state index is 14.0. The predicted octanol–water partition coefficient (Wildman–Crippen LogP) is 3.42. The van der Waals surface area contributed by atoms with Crippen LogP contribution in [-0.4, -0.2) is 24.9 Å². The summed E-state index contributed by atoms with van der Waals surface area (Å²) in [5.41, 5.74) is 7.41. The highest BCUT2D eigenvalue weighted by molar-refractivity contribution is 5.88. The molecule has 0 amide bonds. The Balaban J connectivity index is 1.83. The molecule has 0 bridgehead atoms. The van der Waals surface area contributed by atoms with Gasteiger partial charge in [0.25, 0.3) is 0 Å². The molecule has 2 aromatic carbocycles. The number of aliphatic hydroxyl groups is 1. The molecule has 1 unspecified atom stereocenters. The highest BCUT2D eigenvalue weighted by atomic mass is 19.1. The van der Waals surface area contributed by atoms with Crippen LogP contribution in [0.1, 0.15) is 24.4 Å². The van der Waals surface area contributed by atoms with Crippen LogP contribution in [0.15, 0.2) is 64.1 Å². The van der Waals surface area contributed by atoms with Gasteiger partial charge in [0.15, 0.2) is 5.65 Å². The number of nitrogens with zero attached hydrogens (tertiary/aromatic N) is 4. The van der Waals surface area contributed by atoms with Gasteiger partial charge in [-0.25, -0.2) is 19.0 Å². The molecule has 3 aromatic heterocycles. The van der Waals surface area contributed by atoms with Gasteiger partial charge in [-0.1, -0.05) is 24.3 Å². The van der Waals surface area contributed by atoms with E-state index >= 15 is 0 Å². The quantitative estimate of drug-likeness (QED) is 0.447. The topological polar surface area (TPSA) is 120 Å². The fraction of sp³-hybridized carbons (Fsp3) is 0.130. The summed E-state index contributed by atoms with van der Waals surface area (Å²) in [6.07, 6.45) is 1.30. The van der Waals surface area contributed by atoms with E-state index in [2.05, 4.69) is 15.1 Å². The highest BCUT2D eigenvalue weighted by Crippen LogP contribution is 2.33. The molecule has 3 heterocycles. The number of aliphatic hydroxyl groups excluding tert-OH is 1. The van der Waals surface area contributed by atoms with Crippen molar-refractivity contribution in [3.05, 3.63) is 82.4 Å². The third-order valence-electron chi connectivity index (χ3n) is 5.43. The largest absolute Gasteiger partial charge is 0.458 e. The Hall–Kier alpha value is -4.11. The first-order valence-corrected chi connectivity index (χ1v) is 9.89. The van der Waals surface area contributed by atoms with Gasteiger partial charge in [0.2, 0.25) is 5.43 Å². The van der Waals surface area contributed by atoms with E-state index in [0.717, 1.165) is 0 Å². The summed E-state index contributed by atoms with van der Waals surface area (Å²) in [6.45, 7) is 1.41. The van der Waals surface area contributed by atoms with E-state index in [1.54, 1.807) is 37.3 Å². The lowest BCUT2D eigenvalue weighted by atomic mass is 9.99. The first kappa shape index (κ1) is 19.8. The number of rotatable bonds is 4. The second kappa shape index (κ2) is 7.54. The number of halogens is 1. The Morgan fingerprint density at radius 3 is 2.78 bits per heavy atom. The average molecular weight is 431 g/mol. The van der Waals surface area contributed by atoms with Crippen LogP contribution in [0, 0.1) is 5.82 Å². The van der Waals surface area contributed by atoms with Crippen molar-refractivity contribution in [1.82, 2.24) is 19.7 Å². The van der Waals surface area contributed by atoms with Crippen LogP contribution in [-0.2, 0) is 6.61 Å². The second-order valence-electron chi connectivity index (χ2n) is 7.36. The summed E-state index contributed by atoms with van der Waals surface area (Å²) in [5.74, 6) is -0.00512. The molecule has 5 rings (SSSR count). The summed E-state index contributed by atoms with van der Waals surface area (Å²) in [4.78, 5) is 21.7. The Labute approximate surface area is 180 Å². The van der Waals surface area contributed by atoms with E-state index in [1.165, 1.54) is 29.2 Å². The number of para-hydroxylation sites is 1.